The van der Waals surface area contributed by atoms with Crippen LogP contribution in [-0.4, -0.2) is 48.4 Å². The molecule has 1 heterocycles. The Labute approximate surface area is 145 Å². The first-order valence-corrected chi connectivity index (χ1v) is 7.42. The first kappa shape index (κ1) is 21.0. The number of hydrogen-bond donors (Lipinski definition) is 1. The topological polar surface area (TPSA) is 49.6 Å². The van der Waals surface area contributed by atoms with E-state index in [-0.39, 0.29) is 30.7 Å². The van der Waals surface area contributed by atoms with Crippen molar-refractivity contribution >= 4 is 36.4 Å². The Balaban J connectivity index is 0.00000220. The molecule has 1 aromatic carbocycles. The summed E-state index contributed by atoms with van der Waals surface area (Å²) in [5.74, 6) is 0.199. The standard InChI is InChI=1S/C16H25N3O.2ClH/c1-3-19-10-8-15(9-11-19)18(2)16(20)12-13-4-6-14(17)7-5-13;;/h4-7,15H,3,8-12,17H2,1-2H3;2*1H. The second kappa shape index (κ2) is 9.93. The van der Waals surface area contributed by atoms with Gasteiger partial charge in [-0.1, -0.05) is 19.1 Å². The highest BCUT2D eigenvalue weighted by Gasteiger charge is 2.24. The van der Waals surface area contributed by atoms with Gasteiger partial charge in [0.05, 0.1) is 6.42 Å². The Bertz CT molecular complexity index is 445. The van der Waals surface area contributed by atoms with Crippen LogP contribution in [0.5, 0.6) is 0 Å². The lowest BCUT2D eigenvalue weighted by molar-refractivity contribution is -0.132. The molecule has 4 nitrogen and oxygen atoms in total. The number of halogens is 2. The minimum atomic E-state index is 0. The minimum Gasteiger partial charge on any atom is -0.399 e. The van der Waals surface area contributed by atoms with E-state index < -0.39 is 0 Å². The lowest BCUT2D eigenvalue weighted by atomic mass is 10.0. The maximum atomic E-state index is 12.3. The van der Waals surface area contributed by atoms with Crippen LogP contribution >= 0.6 is 24.8 Å². The van der Waals surface area contributed by atoms with Gasteiger partial charge in [-0.2, -0.15) is 0 Å². The molecule has 2 rings (SSSR count). The normalized spacial score (nSPS) is 15.5. The number of benzene rings is 1. The highest BCUT2D eigenvalue weighted by Crippen LogP contribution is 2.16. The molecule has 1 saturated heterocycles. The van der Waals surface area contributed by atoms with Crippen LogP contribution in [-0.2, 0) is 11.2 Å². The van der Waals surface area contributed by atoms with Crippen molar-refractivity contribution in [3.8, 4) is 0 Å². The number of amides is 1. The zero-order valence-electron chi connectivity index (χ0n) is 13.3. The molecule has 0 bridgehead atoms. The molecule has 0 radical (unpaired) electrons. The third-order valence-corrected chi connectivity index (χ3v) is 4.28. The Morgan fingerprint density at radius 2 is 1.77 bits per heavy atom. The van der Waals surface area contributed by atoms with Gasteiger partial charge < -0.3 is 15.5 Å². The summed E-state index contributed by atoms with van der Waals surface area (Å²) in [6, 6.07) is 7.95. The molecule has 0 aliphatic carbocycles. The molecule has 6 heteroatoms. The van der Waals surface area contributed by atoms with Crippen molar-refractivity contribution in [2.75, 3.05) is 32.4 Å². The van der Waals surface area contributed by atoms with Crippen LogP contribution in [0, 0.1) is 0 Å². The summed E-state index contributed by atoms with van der Waals surface area (Å²) in [6.07, 6.45) is 2.63. The van der Waals surface area contributed by atoms with Gasteiger partial charge in [0.25, 0.3) is 0 Å². The number of rotatable bonds is 4. The molecule has 1 aliphatic rings. The number of hydrogen-bond acceptors (Lipinski definition) is 3. The van der Waals surface area contributed by atoms with Crippen LogP contribution in [0.2, 0.25) is 0 Å². The lowest BCUT2D eigenvalue weighted by Gasteiger charge is -2.36. The van der Waals surface area contributed by atoms with E-state index >= 15 is 0 Å². The number of likely N-dealkylation sites (N-methyl/N-ethyl adjacent to an activating group) is 1. The monoisotopic (exact) mass is 347 g/mol. The fraction of sp³-hybridized carbons (Fsp3) is 0.562. The first-order valence-electron chi connectivity index (χ1n) is 7.42. The summed E-state index contributed by atoms with van der Waals surface area (Å²) in [4.78, 5) is 16.7. The van der Waals surface area contributed by atoms with Crippen LogP contribution in [0.15, 0.2) is 24.3 Å². The van der Waals surface area contributed by atoms with Crippen molar-refractivity contribution in [1.82, 2.24) is 9.80 Å². The van der Waals surface area contributed by atoms with Gasteiger partial charge in [-0.15, -0.1) is 24.8 Å². The van der Waals surface area contributed by atoms with Crippen molar-refractivity contribution in [3.63, 3.8) is 0 Å². The van der Waals surface area contributed by atoms with E-state index in [2.05, 4.69) is 11.8 Å². The van der Waals surface area contributed by atoms with Gasteiger partial charge in [-0.25, -0.2) is 0 Å². The fourth-order valence-corrected chi connectivity index (χ4v) is 2.76. The molecule has 0 saturated carbocycles. The van der Waals surface area contributed by atoms with Crippen molar-refractivity contribution in [2.24, 2.45) is 0 Å². The van der Waals surface area contributed by atoms with Gasteiger partial charge in [-0.05, 0) is 37.1 Å². The second-order valence-corrected chi connectivity index (χ2v) is 5.59. The van der Waals surface area contributed by atoms with Crippen molar-refractivity contribution in [1.29, 1.82) is 0 Å². The van der Waals surface area contributed by atoms with Crippen molar-refractivity contribution < 1.29 is 4.79 Å². The van der Waals surface area contributed by atoms with Gasteiger partial charge >= 0.3 is 0 Å². The van der Waals surface area contributed by atoms with Crippen LogP contribution in [0.25, 0.3) is 0 Å². The maximum absolute atomic E-state index is 12.3. The molecule has 22 heavy (non-hydrogen) atoms. The predicted octanol–water partition coefficient (Wildman–Crippen LogP) is 2.60. The molecule has 0 spiro atoms. The Morgan fingerprint density at radius 1 is 1.23 bits per heavy atom. The quantitative estimate of drug-likeness (QED) is 0.851. The predicted molar refractivity (Wildman–Crippen MR) is 97.0 cm³/mol. The van der Waals surface area contributed by atoms with Gasteiger partial charge in [0.15, 0.2) is 0 Å². The molecule has 126 valence electrons. The number of nitrogens with zero attached hydrogens (tertiary/aromatic N) is 2. The fourth-order valence-electron chi connectivity index (χ4n) is 2.76. The Kier molecular flexibility index (Phi) is 9.49. The summed E-state index contributed by atoms with van der Waals surface area (Å²) in [5.41, 5.74) is 7.43. The third kappa shape index (κ3) is 5.67. The summed E-state index contributed by atoms with van der Waals surface area (Å²) >= 11 is 0. The molecule has 1 aliphatic heterocycles. The molecular formula is C16H27Cl2N3O. The van der Waals surface area contributed by atoms with E-state index in [1.165, 1.54) is 0 Å². The van der Waals surface area contributed by atoms with E-state index in [1.54, 1.807) is 0 Å². The molecular weight excluding hydrogens is 321 g/mol. The third-order valence-electron chi connectivity index (χ3n) is 4.28. The summed E-state index contributed by atoms with van der Waals surface area (Å²) in [7, 11) is 1.94. The van der Waals surface area contributed by atoms with E-state index in [1.807, 2.05) is 36.2 Å². The van der Waals surface area contributed by atoms with E-state index in [4.69, 9.17) is 5.73 Å². The highest BCUT2D eigenvalue weighted by molar-refractivity contribution is 5.85. The number of anilines is 1. The van der Waals surface area contributed by atoms with Crippen LogP contribution in [0.3, 0.4) is 0 Å². The maximum Gasteiger partial charge on any atom is 0.226 e. The van der Waals surface area contributed by atoms with Crippen LogP contribution in [0.4, 0.5) is 5.69 Å². The van der Waals surface area contributed by atoms with Gasteiger partial charge in [0.2, 0.25) is 5.91 Å². The molecule has 1 amide bonds. The molecule has 1 fully saturated rings. The smallest absolute Gasteiger partial charge is 0.226 e. The Morgan fingerprint density at radius 3 is 2.27 bits per heavy atom. The SMILES string of the molecule is CCN1CCC(N(C)C(=O)Cc2ccc(N)cc2)CC1.Cl.Cl. The first-order chi connectivity index (χ1) is 9.60. The summed E-state index contributed by atoms with van der Waals surface area (Å²) in [5, 5.41) is 0. The van der Waals surface area contributed by atoms with E-state index in [0.29, 0.717) is 12.5 Å². The molecule has 1 aromatic rings. The Hall–Kier alpha value is -0.970. The average Bonchev–Trinajstić information content (AvgIpc) is 2.49. The summed E-state index contributed by atoms with van der Waals surface area (Å²) < 4.78 is 0. The van der Waals surface area contributed by atoms with Crippen LogP contribution < -0.4 is 5.73 Å². The van der Waals surface area contributed by atoms with E-state index in [9.17, 15) is 4.79 Å². The largest absolute Gasteiger partial charge is 0.399 e. The van der Waals surface area contributed by atoms with Crippen LogP contribution in [0.1, 0.15) is 25.3 Å². The number of carbonyl (C=O) groups is 1. The number of nitrogen functional groups attached to an aromatic ring is 1. The highest BCUT2D eigenvalue weighted by atomic mass is 35.5. The number of piperidine rings is 1. The number of nitrogens with two attached hydrogens (primary N) is 1. The zero-order valence-corrected chi connectivity index (χ0v) is 15.0. The molecule has 0 atom stereocenters. The van der Waals surface area contributed by atoms with Crippen molar-refractivity contribution in [2.45, 2.75) is 32.2 Å². The minimum absolute atomic E-state index is 0. The number of likely N-dealkylation sites (tertiary alicyclic amines) is 1. The molecule has 2 N–H and O–H groups in total. The zero-order chi connectivity index (χ0) is 14.5. The average molecular weight is 348 g/mol. The molecule has 0 unspecified atom stereocenters. The molecule has 0 aromatic heterocycles. The second-order valence-electron chi connectivity index (χ2n) is 5.59. The van der Waals surface area contributed by atoms with Gasteiger partial charge in [0.1, 0.15) is 0 Å². The number of carbonyl (C=O) groups excluding carboxylic acids is 1. The van der Waals surface area contributed by atoms with Crippen molar-refractivity contribution in [3.05, 3.63) is 29.8 Å². The van der Waals surface area contributed by atoms with Gasteiger partial charge in [0, 0.05) is 31.9 Å². The van der Waals surface area contributed by atoms with Gasteiger partial charge in [-0.3, -0.25) is 4.79 Å². The summed E-state index contributed by atoms with van der Waals surface area (Å²) in [6.45, 7) is 5.49. The lowest BCUT2D eigenvalue weighted by Crippen LogP contribution is -2.45. The van der Waals surface area contributed by atoms with E-state index in [0.717, 1.165) is 43.7 Å².